The zero-order chi connectivity index (χ0) is 6.12. The van der Waals surface area contributed by atoms with Crippen LogP contribution in [0.3, 0.4) is 0 Å². The number of hydrogen-bond acceptors (Lipinski definition) is 2. The van der Waals surface area contributed by atoms with Crippen molar-refractivity contribution < 1.29 is 9.09 Å². The molecule has 3 heteroatoms. The van der Waals surface area contributed by atoms with E-state index in [0.29, 0.717) is 0 Å². The first-order chi connectivity index (χ1) is 3.33. The molecule has 0 rings (SSSR count). The van der Waals surface area contributed by atoms with Gasteiger partial charge in [0, 0.05) is 7.11 Å². The molecule has 0 aromatic carbocycles. The summed E-state index contributed by atoms with van der Waals surface area (Å²) in [7, 11) is 1.10. The second-order valence-electron chi connectivity index (χ2n) is 0.665. The van der Waals surface area contributed by atoms with E-state index in [4.69, 9.17) is 4.57 Å². The molecule has 0 unspecified atom stereocenters. The van der Waals surface area contributed by atoms with Gasteiger partial charge in [-0.05, 0) is 6.92 Å². The molecule has 0 aliphatic rings. The Morgan fingerprint density at radius 3 is 2.00 bits per heavy atom. The Hall–Kier alpha value is -0.200. The molecule has 0 aromatic rings. The summed E-state index contributed by atoms with van der Waals surface area (Å²) in [4.78, 5) is 0. The van der Waals surface area contributed by atoms with Crippen LogP contribution in [0.5, 0.6) is 0 Å². The summed E-state index contributed by atoms with van der Waals surface area (Å²) in [5.74, 6) is 0. The molecule has 0 aliphatic heterocycles. The Morgan fingerprint density at radius 1 is 1.86 bits per heavy atom. The molecule has 0 saturated carbocycles. The third kappa shape index (κ3) is 131. The molecular formula is C4H9O2P. The first kappa shape index (κ1) is 9.93. The van der Waals surface area contributed by atoms with Gasteiger partial charge < -0.3 is 0 Å². The zero-order valence-electron chi connectivity index (χ0n) is 4.55. The molecule has 0 radical (unpaired) electrons. The highest BCUT2D eigenvalue weighted by Crippen LogP contribution is 1.83. The molecule has 2 nitrogen and oxygen atoms in total. The molecular weight excluding hydrogens is 111 g/mol. The van der Waals surface area contributed by atoms with Gasteiger partial charge in [0.25, 0.3) is 0 Å². The fraction of sp³-hybridized carbons (Fsp3) is 0.500. The van der Waals surface area contributed by atoms with Crippen LogP contribution in [0.25, 0.3) is 0 Å². The molecule has 0 N–H and O–H groups in total. The minimum Gasteiger partial charge on any atom is -0.298 e. The maximum atomic E-state index is 9.05. The Balaban J connectivity index is 0. The number of hydrogen-bond donors (Lipinski definition) is 0. The molecule has 0 atom stereocenters. The normalized spacial score (nSPS) is 6.57. The van der Waals surface area contributed by atoms with Crippen molar-refractivity contribution in [3.05, 3.63) is 12.7 Å². The zero-order valence-corrected chi connectivity index (χ0v) is 5.44. The van der Waals surface area contributed by atoms with Gasteiger partial charge in [0.1, 0.15) is 0 Å². The van der Waals surface area contributed by atoms with Crippen molar-refractivity contribution in [1.82, 2.24) is 0 Å². The van der Waals surface area contributed by atoms with Gasteiger partial charge in [-0.3, -0.25) is 4.52 Å². The highest BCUT2D eigenvalue weighted by atomic mass is 31.1. The molecule has 0 saturated heterocycles. The summed E-state index contributed by atoms with van der Waals surface area (Å²) in [5, 5.41) is 0. The third-order valence-corrected chi connectivity index (χ3v) is 0.224. The molecule has 42 valence electrons. The Labute approximate surface area is 45.5 Å². The maximum Gasteiger partial charge on any atom is 0.327 e. The highest BCUT2D eigenvalue weighted by Gasteiger charge is 1.51. The van der Waals surface area contributed by atoms with Crippen LogP contribution in [-0.4, -0.2) is 7.11 Å². The minimum absolute atomic E-state index is 0.252. The summed E-state index contributed by atoms with van der Waals surface area (Å²) < 4.78 is 13.0. The van der Waals surface area contributed by atoms with Gasteiger partial charge in [0.15, 0.2) is 0 Å². The van der Waals surface area contributed by atoms with Crippen molar-refractivity contribution in [1.29, 1.82) is 0 Å². The highest BCUT2D eigenvalue weighted by molar-refractivity contribution is 7.17. The fourth-order valence-electron chi connectivity index (χ4n) is 0. The van der Waals surface area contributed by atoms with E-state index in [1.807, 2.05) is 6.92 Å². The largest absolute Gasteiger partial charge is 0.327 e. The van der Waals surface area contributed by atoms with Crippen LogP contribution in [-0.2, 0) is 9.09 Å². The molecule has 0 spiro atoms. The van der Waals surface area contributed by atoms with E-state index in [2.05, 4.69) is 11.1 Å². The lowest BCUT2D eigenvalue weighted by Crippen LogP contribution is -1.42. The predicted molar refractivity (Wildman–Crippen MR) is 30.5 cm³/mol. The number of allylic oxidation sites excluding steroid dienone is 1. The monoisotopic (exact) mass is 120 g/mol. The van der Waals surface area contributed by atoms with Crippen molar-refractivity contribution in [2.75, 3.05) is 7.11 Å². The van der Waals surface area contributed by atoms with E-state index in [-0.39, 0.29) is 8.69 Å². The quantitative estimate of drug-likeness (QED) is 0.391. The topological polar surface area (TPSA) is 26.3 Å². The molecule has 0 fully saturated rings. The molecule has 0 heterocycles. The van der Waals surface area contributed by atoms with Gasteiger partial charge in [-0.15, -0.1) is 6.58 Å². The van der Waals surface area contributed by atoms with E-state index >= 15 is 0 Å². The Kier molecular flexibility index (Phi) is 24.2. The lowest BCUT2D eigenvalue weighted by Gasteiger charge is -1.57. The van der Waals surface area contributed by atoms with Crippen LogP contribution in [0.4, 0.5) is 0 Å². The summed E-state index contributed by atoms with van der Waals surface area (Å²) in [6.07, 6.45) is 1.75. The first-order valence-corrected chi connectivity index (χ1v) is 2.49. The Bertz CT molecular complexity index is 45.0. The van der Waals surface area contributed by atoms with Crippen LogP contribution in [0, 0.1) is 0 Å². The first-order valence-electron chi connectivity index (χ1n) is 1.76. The van der Waals surface area contributed by atoms with Gasteiger partial charge >= 0.3 is 8.69 Å². The maximum absolute atomic E-state index is 9.05. The van der Waals surface area contributed by atoms with Gasteiger partial charge in [-0.1, -0.05) is 6.08 Å². The summed E-state index contributed by atoms with van der Waals surface area (Å²) in [6.45, 7) is 5.25. The van der Waals surface area contributed by atoms with Crippen LogP contribution >= 0.6 is 8.69 Å². The van der Waals surface area contributed by atoms with Crippen LogP contribution in [0.1, 0.15) is 6.92 Å². The van der Waals surface area contributed by atoms with Gasteiger partial charge in [0.2, 0.25) is 0 Å². The second kappa shape index (κ2) is 17.0. The Morgan fingerprint density at radius 2 is 2.00 bits per heavy atom. The minimum atomic E-state index is -0.252. The summed E-state index contributed by atoms with van der Waals surface area (Å²) in [5.41, 5.74) is 0. The number of rotatable bonds is 1. The SMILES string of the molecule is C=CC.COP=O. The van der Waals surface area contributed by atoms with E-state index < -0.39 is 0 Å². The van der Waals surface area contributed by atoms with Gasteiger partial charge in [-0.25, -0.2) is 4.57 Å². The van der Waals surface area contributed by atoms with Crippen molar-refractivity contribution in [2.24, 2.45) is 0 Å². The molecule has 7 heavy (non-hydrogen) atoms. The molecule has 0 aromatic heterocycles. The lowest BCUT2D eigenvalue weighted by atomic mass is 10.8. The fourth-order valence-corrected chi connectivity index (χ4v) is 0. The predicted octanol–water partition coefficient (Wildman–Crippen LogP) is 2.03. The van der Waals surface area contributed by atoms with Gasteiger partial charge in [0.05, 0.1) is 0 Å². The van der Waals surface area contributed by atoms with E-state index in [0.717, 1.165) is 0 Å². The summed E-state index contributed by atoms with van der Waals surface area (Å²) in [6, 6.07) is 0. The molecule has 0 aliphatic carbocycles. The van der Waals surface area contributed by atoms with Gasteiger partial charge in [-0.2, -0.15) is 0 Å². The molecule has 0 amide bonds. The van der Waals surface area contributed by atoms with Crippen LogP contribution in [0.2, 0.25) is 0 Å². The van der Waals surface area contributed by atoms with Crippen molar-refractivity contribution in [3.8, 4) is 0 Å². The third-order valence-electron chi connectivity index (χ3n) is 0.0745. The lowest BCUT2D eigenvalue weighted by molar-refractivity contribution is 0.433. The standard InChI is InChI=1S/C3H6.CH3O2P/c1-3-2;1-3-4-2/h3H,1H2,2H3;1H3. The summed E-state index contributed by atoms with van der Waals surface area (Å²) >= 11 is 0. The second-order valence-corrected chi connectivity index (χ2v) is 1.18. The van der Waals surface area contributed by atoms with E-state index in [1.165, 1.54) is 7.11 Å². The van der Waals surface area contributed by atoms with Crippen LogP contribution in [0.15, 0.2) is 12.7 Å². The van der Waals surface area contributed by atoms with E-state index in [9.17, 15) is 0 Å². The van der Waals surface area contributed by atoms with Crippen molar-refractivity contribution in [3.63, 3.8) is 0 Å². The van der Waals surface area contributed by atoms with Crippen molar-refractivity contribution in [2.45, 2.75) is 6.92 Å². The molecule has 0 bridgehead atoms. The average Bonchev–Trinajstić information content (AvgIpc) is 1.69. The smallest absolute Gasteiger partial charge is 0.298 e. The van der Waals surface area contributed by atoms with E-state index in [1.54, 1.807) is 6.08 Å². The average molecular weight is 120 g/mol. The van der Waals surface area contributed by atoms with Crippen molar-refractivity contribution >= 4 is 8.69 Å². The van der Waals surface area contributed by atoms with Crippen LogP contribution < -0.4 is 0 Å².